The fraction of sp³-hybridized carbons (Fsp3) is 0.400. The zero-order valence-corrected chi connectivity index (χ0v) is 8.45. The minimum Gasteiger partial charge on any atom is -0.399 e. The number of aryl methyl sites for hydroxylation is 1. The molecule has 0 saturated heterocycles. The van der Waals surface area contributed by atoms with E-state index in [4.69, 9.17) is 5.73 Å². The van der Waals surface area contributed by atoms with Crippen molar-refractivity contribution in [1.29, 1.82) is 0 Å². The first-order valence-corrected chi connectivity index (χ1v) is 5.27. The van der Waals surface area contributed by atoms with Gasteiger partial charge in [-0.1, -0.05) is 13.8 Å². The molecule has 0 aliphatic rings. The van der Waals surface area contributed by atoms with Gasteiger partial charge in [-0.3, -0.25) is 0 Å². The number of benzene rings is 1. The predicted molar refractivity (Wildman–Crippen MR) is 56.6 cm³/mol. The second-order valence-corrected chi connectivity index (χ2v) is 4.03. The maximum Gasteiger partial charge on any atom is 0.0327 e. The Morgan fingerprint density at radius 3 is 2.58 bits per heavy atom. The summed E-state index contributed by atoms with van der Waals surface area (Å²) in [6.07, 6.45) is 1.06. The van der Waals surface area contributed by atoms with Gasteiger partial charge in [0.15, 0.2) is 0 Å². The molecule has 0 spiro atoms. The fourth-order valence-corrected chi connectivity index (χ4v) is 1.93. The Morgan fingerprint density at radius 1 is 1.25 bits per heavy atom. The third kappa shape index (κ3) is 2.45. The maximum absolute atomic E-state index is 5.75. The van der Waals surface area contributed by atoms with Gasteiger partial charge in [0.2, 0.25) is 0 Å². The lowest BCUT2D eigenvalue weighted by Gasteiger charge is -2.03. The third-order valence-electron chi connectivity index (χ3n) is 1.71. The Kier molecular flexibility index (Phi) is 3.48. The van der Waals surface area contributed by atoms with Crippen molar-refractivity contribution >= 4 is 17.4 Å². The van der Waals surface area contributed by atoms with Gasteiger partial charge in [0.25, 0.3) is 0 Å². The van der Waals surface area contributed by atoms with Crippen LogP contribution in [0.15, 0.2) is 23.1 Å². The van der Waals surface area contributed by atoms with Crippen LogP contribution in [0, 0.1) is 0 Å². The molecule has 0 atom stereocenters. The average Bonchev–Trinajstić information content (AvgIpc) is 2.04. The van der Waals surface area contributed by atoms with E-state index in [1.807, 2.05) is 23.9 Å². The van der Waals surface area contributed by atoms with Crippen LogP contribution in [0.1, 0.15) is 19.4 Å². The highest BCUT2D eigenvalue weighted by Crippen LogP contribution is 2.22. The summed E-state index contributed by atoms with van der Waals surface area (Å²) >= 11 is 1.84. The lowest BCUT2D eigenvalue weighted by Crippen LogP contribution is -1.89. The van der Waals surface area contributed by atoms with Crippen LogP contribution in [0.3, 0.4) is 0 Å². The number of hydrogen-bond donors (Lipinski definition) is 1. The van der Waals surface area contributed by atoms with E-state index in [0.29, 0.717) is 0 Å². The summed E-state index contributed by atoms with van der Waals surface area (Å²) in [6.45, 7) is 4.30. The monoisotopic (exact) mass is 181 g/mol. The van der Waals surface area contributed by atoms with Gasteiger partial charge in [-0.15, -0.1) is 11.8 Å². The molecule has 0 aromatic heterocycles. The minimum absolute atomic E-state index is 0.880. The van der Waals surface area contributed by atoms with E-state index in [2.05, 4.69) is 19.9 Å². The highest BCUT2D eigenvalue weighted by atomic mass is 32.2. The third-order valence-corrected chi connectivity index (χ3v) is 2.57. The zero-order valence-electron chi connectivity index (χ0n) is 7.63. The molecule has 0 bridgehead atoms. The van der Waals surface area contributed by atoms with Crippen molar-refractivity contribution in [2.45, 2.75) is 25.2 Å². The Hall–Kier alpha value is -0.630. The SMILES string of the molecule is CCSc1cc(N)cc(CC)c1. The molecular formula is C10H15NS. The number of rotatable bonds is 3. The Labute approximate surface area is 78.4 Å². The second kappa shape index (κ2) is 4.41. The van der Waals surface area contributed by atoms with E-state index in [1.165, 1.54) is 10.5 Å². The normalized spacial score (nSPS) is 10.2. The van der Waals surface area contributed by atoms with Gasteiger partial charge in [0.1, 0.15) is 0 Å². The molecule has 0 unspecified atom stereocenters. The quantitative estimate of drug-likeness (QED) is 0.573. The number of hydrogen-bond acceptors (Lipinski definition) is 2. The van der Waals surface area contributed by atoms with E-state index in [0.717, 1.165) is 17.9 Å². The van der Waals surface area contributed by atoms with Gasteiger partial charge in [-0.2, -0.15) is 0 Å². The molecule has 66 valence electrons. The lowest BCUT2D eigenvalue weighted by molar-refractivity contribution is 1.12. The lowest BCUT2D eigenvalue weighted by atomic mass is 10.1. The first-order chi connectivity index (χ1) is 5.76. The molecule has 1 rings (SSSR count). The molecule has 0 aliphatic heterocycles. The van der Waals surface area contributed by atoms with Crippen LogP contribution in [-0.2, 0) is 6.42 Å². The molecule has 0 aliphatic carbocycles. The Bertz CT molecular complexity index is 258. The van der Waals surface area contributed by atoms with Crippen molar-refractivity contribution in [3.8, 4) is 0 Å². The molecule has 1 aromatic rings. The van der Waals surface area contributed by atoms with Crippen LogP contribution < -0.4 is 5.73 Å². The van der Waals surface area contributed by atoms with Crippen LogP contribution in [0.4, 0.5) is 5.69 Å². The highest BCUT2D eigenvalue weighted by molar-refractivity contribution is 7.99. The largest absolute Gasteiger partial charge is 0.399 e. The van der Waals surface area contributed by atoms with Crippen molar-refractivity contribution < 1.29 is 0 Å². The van der Waals surface area contributed by atoms with Crippen molar-refractivity contribution in [2.24, 2.45) is 0 Å². The standard InChI is InChI=1S/C10H15NS/c1-3-8-5-9(11)7-10(6-8)12-4-2/h5-7H,3-4,11H2,1-2H3. The molecule has 0 heterocycles. The summed E-state index contributed by atoms with van der Waals surface area (Å²) in [6, 6.07) is 6.29. The molecular weight excluding hydrogens is 166 g/mol. The topological polar surface area (TPSA) is 26.0 Å². The van der Waals surface area contributed by atoms with Gasteiger partial charge >= 0.3 is 0 Å². The Morgan fingerprint density at radius 2 is 2.00 bits per heavy atom. The van der Waals surface area contributed by atoms with Crippen molar-refractivity contribution in [3.05, 3.63) is 23.8 Å². The molecule has 2 heteroatoms. The zero-order chi connectivity index (χ0) is 8.97. The minimum atomic E-state index is 0.880. The number of nitrogen functional groups attached to an aromatic ring is 1. The van der Waals surface area contributed by atoms with E-state index < -0.39 is 0 Å². The second-order valence-electron chi connectivity index (χ2n) is 2.70. The molecule has 0 saturated carbocycles. The average molecular weight is 181 g/mol. The summed E-state index contributed by atoms with van der Waals surface area (Å²) in [5.74, 6) is 1.10. The van der Waals surface area contributed by atoms with Gasteiger partial charge < -0.3 is 5.73 Å². The fourth-order valence-electron chi connectivity index (χ4n) is 1.14. The predicted octanol–water partition coefficient (Wildman–Crippen LogP) is 2.94. The van der Waals surface area contributed by atoms with Crippen LogP contribution in [0.5, 0.6) is 0 Å². The molecule has 0 amide bonds. The van der Waals surface area contributed by atoms with Crippen LogP contribution >= 0.6 is 11.8 Å². The number of nitrogens with two attached hydrogens (primary N) is 1. The van der Waals surface area contributed by atoms with Gasteiger partial charge in [-0.25, -0.2) is 0 Å². The smallest absolute Gasteiger partial charge is 0.0327 e. The summed E-state index contributed by atoms with van der Waals surface area (Å²) in [7, 11) is 0. The van der Waals surface area contributed by atoms with E-state index in [-0.39, 0.29) is 0 Å². The molecule has 1 nitrogen and oxygen atoms in total. The van der Waals surface area contributed by atoms with Crippen molar-refractivity contribution in [3.63, 3.8) is 0 Å². The van der Waals surface area contributed by atoms with Crippen LogP contribution in [0.25, 0.3) is 0 Å². The van der Waals surface area contributed by atoms with E-state index >= 15 is 0 Å². The van der Waals surface area contributed by atoms with Gasteiger partial charge in [0, 0.05) is 10.6 Å². The first kappa shape index (κ1) is 9.46. The number of anilines is 1. The van der Waals surface area contributed by atoms with Gasteiger partial charge in [-0.05, 0) is 35.9 Å². The molecule has 1 aromatic carbocycles. The van der Waals surface area contributed by atoms with Crippen LogP contribution in [0.2, 0.25) is 0 Å². The van der Waals surface area contributed by atoms with E-state index in [9.17, 15) is 0 Å². The summed E-state index contributed by atoms with van der Waals surface area (Å²) < 4.78 is 0. The highest BCUT2D eigenvalue weighted by Gasteiger charge is 1.96. The first-order valence-electron chi connectivity index (χ1n) is 4.28. The number of thioether (sulfide) groups is 1. The molecule has 0 fully saturated rings. The van der Waals surface area contributed by atoms with Crippen molar-refractivity contribution in [1.82, 2.24) is 0 Å². The molecule has 0 radical (unpaired) electrons. The van der Waals surface area contributed by atoms with Crippen molar-refractivity contribution in [2.75, 3.05) is 11.5 Å². The van der Waals surface area contributed by atoms with E-state index in [1.54, 1.807) is 0 Å². The maximum atomic E-state index is 5.75. The molecule has 2 N–H and O–H groups in total. The van der Waals surface area contributed by atoms with Gasteiger partial charge in [0.05, 0.1) is 0 Å². The summed E-state index contributed by atoms with van der Waals surface area (Å²) in [5.41, 5.74) is 7.96. The molecule has 12 heavy (non-hydrogen) atoms. The summed E-state index contributed by atoms with van der Waals surface area (Å²) in [4.78, 5) is 1.29. The van der Waals surface area contributed by atoms with Crippen LogP contribution in [-0.4, -0.2) is 5.75 Å². The summed E-state index contributed by atoms with van der Waals surface area (Å²) in [5, 5.41) is 0. The Balaban J connectivity index is 2.90.